The van der Waals surface area contributed by atoms with Crippen LogP contribution in [0.4, 0.5) is 4.39 Å². The van der Waals surface area contributed by atoms with Gasteiger partial charge in [0, 0.05) is 37.2 Å². The molecule has 0 radical (unpaired) electrons. The lowest BCUT2D eigenvalue weighted by Crippen LogP contribution is -2.24. The first-order valence-corrected chi connectivity index (χ1v) is 10.8. The van der Waals surface area contributed by atoms with E-state index in [1.165, 1.54) is 16.6 Å². The number of halogens is 1. The van der Waals surface area contributed by atoms with Crippen molar-refractivity contribution in [3.8, 4) is 0 Å². The van der Waals surface area contributed by atoms with E-state index < -0.39 is 10.0 Å². The zero-order valence-electron chi connectivity index (χ0n) is 15.8. The third-order valence-electron chi connectivity index (χ3n) is 5.11. The minimum atomic E-state index is -3.27. The fourth-order valence-electron chi connectivity index (χ4n) is 3.57. The minimum Gasteiger partial charge on any atom is -0.343 e. The van der Waals surface area contributed by atoms with Crippen LogP contribution >= 0.6 is 0 Å². The molecule has 1 aromatic heterocycles. The Morgan fingerprint density at radius 2 is 1.75 bits per heavy atom. The molecule has 144 valence electrons. The number of nitrogens with zero attached hydrogens (tertiary/aromatic N) is 2. The van der Waals surface area contributed by atoms with Crippen molar-refractivity contribution in [1.82, 2.24) is 8.87 Å². The molecular formula is C22H21FN2O2S. The van der Waals surface area contributed by atoms with Crippen LogP contribution in [-0.4, -0.2) is 30.6 Å². The van der Waals surface area contributed by atoms with E-state index in [0.29, 0.717) is 13.1 Å². The number of rotatable bonds is 5. The summed E-state index contributed by atoms with van der Waals surface area (Å²) < 4.78 is 40.9. The Balaban J connectivity index is 1.79. The summed E-state index contributed by atoms with van der Waals surface area (Å²) in [5.74, 6) is -0.257. The average Bonchev–Trinajstić information content (AvgIpc) is 2.99. The lowest BCUT2D eigenvalue weighted by molar-refractivity contribution is 0.473. The van der Waals surface area contributed by atoms with Gasteiger partial charge in [0.15, 0.2) is 0 Å². The largest absolute Gasteiger partial charge is 0.343 e. The van der Waals surface area contributed by atoms with Crippen LogP contribution in [0, 0.1) is 5.82 Å². The molecular weight excluding hydrogens is 375 g/mol. The molecule has 1 heterocycles. The monoisotopic (exact) mass is 396 g/mol. The second kappa shape index (κ2) is 7.04. The molecule has 0 spiro atoms. The van der Waals surface area contributed by atoms with Crippen LogP contribution in [-0.2, 0) is 23.1 Å². The number of sulfonamides is 1. The van der Waals surface area contributed by atoms with Gasteiger partial charge in [0.05, 0.1) is 6.26 Å². The Hall–Kier alpha value is -2.70. The maximum absolute atomic E-state index is 13.8. The van der Waals surface area contributed by atoms with Gasteiger partial charge in [0.2, 0.25) is 10.0 Å². The van der Waals surface area contributed by atoms with Crippen LogP contribution in [0.15, 0.2) is 66.9 Å². The first-order chi connectivity index (χ1) is 13.3. The molecule has 28 heavy (non-hydrogen) atoms. The highest BCUT2D eigenvalue weighted by Crippen LogP contribution is 2.26. The molecule has 0 aliphatic rings. The fraction of sp³-hybridized carbons (Fsp3) is 0.182. The molecule has 0 unspecified atom stereocenters. The highest BCUT2D eigenvalue weighted by atomic mass is 32.2. The van der Waals surface area contributed by atoms with E-state index in [0.717, 1.165) is 32.8 Å². The highest BCUT2D eigenvalue weighted by Gasteiger charge is 2.16. The zero-order valence-corrected chi connectivity index (χ0v) is 16.6. The van der Waals surface area contributed by atoms with E-state index in [4.69, 9.17) is 0 Å². The predicted molar refractivity (Wildman–Crippen MR) is 111 cm³/mol. The van der Waals surface area contributed by atoms with Crippen LogP contribution in [0.25, 0.3) is 21.7 Å². The quantitative estimate of drug-likeness (QED) is 0.503. The molecule has 6 heteroatoms. The molecule has 3 aromatic carbocycles. The van der Waals surface area contributed by atoms with Gasteiger partial charge in [-0.25, -0.2) is 17.1 Å². The van der Waals surface area contributed by atoms with Crippen molar-refractivity contribution < 1.29 is 12.8 Å². The number of hydrogen-bond acceptors (Lipinski definition) is 2. The summed E-state index contributed by atoms with van der Waals surface area (Å²) in [5.41, 5.74) is 2.98. The first-order valence-electron chi connectivity index (χ1n) is 8.98. The number of benzene rings is 3. The van der Waals surface area contributed by atoms with Crippen LogP contribution < -0.4 is 0 Å². The normalized spacial score (nSPS) is 12.3. The molecule has 0 N–H and O–H groups in total. The molecule has 0 aliphatic heterocycles. The van der Waals surface area contributed by atoms with Gasteiger partial charge in [0.1, 0.15) is 5.82 Å². The summed E-state index contributed by atoms with van der Waals surface area (Å²) in [5, 5.41) is 2.90. The lowest BCUT2D eigenvalue weighted by atomic mass is 10.0. The van der Waals surface area contributed by atoms with E-state index in [2.05, 4.69) is 4.57 Å². The second-order valence-corrected chi connectivity index (χ2v) is 9.19. The number of para-hydroxylation sites is 1. The molecule has 0 atom stereocenters. The summed E-state index contributed by atoms with van der Waals surface area (Å²) in [6.45, 7) is 0.875. The Morgan fingerprint density at radius 3 is 2.54 bits per heavy atom. The molecule has 4 rings (SSSR count). The van der Waals surface area contributed by atoms with Gasteiger partial charge in [-0.05, 0) is 40.1 Å². The fourth-order valence-corrected chi connectivity index (χ4v) is 3.94. The molecule has 0 amide bonds. The third-order valence-corrected chi connectivity index (χ3v) is 6.37. The summed E-state index contributed by atoms with van der Waals surface area (Å²) in [6.07, 6.45) is 3.20. The van der Waals surface area contributed by atoms with Crippen LogP contribution in [0.5, 0.6) is 0 Å². The molecule has 0 fully saturated rings. The first kappa shape index (κ1) is 18.7. The van der Waals surface area contributed by atoms with E-state index in [-0.39, 0.29) is 5.82 Å². The Bertz CT molecular complexity index is 1280. The molecule has 4 nitrogen and oxygen atoms in total. The Kier molecular flexibility index (Phi) is 4.69. The van der Waals surface area contributed by atoms with Crippen molar-refractivity contribution in [3.05, 3.63) is 83.8 Å². The molecule has 0 saturated carbocycles. The zero-order chi connectivity index (χ0) is 19.9. The van der Waals surface area contributed by atoms with Crippen molar-refractivity contribution in [1.29, 1.82) is 0 Å². The van der Waals surface area contributed by atoms with Crippen LogP contribution in [0.2, 0.25) is 0 Å². The van der Waals surface area contributed by atoms with E-state index in [1.807, 2.05) is 48.7 Å². The van der Waals surface area contributed by atoms with Crippen molar-refractivity contribution in [3.63, 3.8) is 0 Å². The summed E-state index contributed by atoms with van der Waals surface area (Å²) in [4.78, 5) is 0. The van der Waals surface area contributed by atoms with Crippen molar-refractivity contribution in [2.75, 3.05) is 13.3 Å². The Labute approximate surface area is 163 Å². The van der Waals surface area contributed by atoms with Gasteiger partial charge in [-0.2, -0.15) is 0 Å². The SMILES string of the molecule is CN(Cc1cn(Cc2cccc3ccc(F)cc23)c2ccccc12)S(C)(=O)=O. The molecule has 0 bridgehead atoms. The molecule has 0 aliphatic carbocycles. The minimum absolute atomic E-state index is 0.257. The maximum Gasteiger partial charge on any atom is 0.211 e. The van der Waals surface area contributed by atoms with E-state index >= 15 is 0 Å². The number of fused-ring (bicyclic) bond motifs is 2. The van der Waals surface area contributed by atoms with Crippen molar-refractivity contribution >= 4 is 31.7 Å². The van der Waals surface area contributed by atoms with Gasteiger partial charge < -0.3 is 4.57 Å². The van der Waals surface area contributed by atoms with Crippen molar-refractivity contribution in [2.45, 2.75) is 13.1 Å². The van der Waals surface area contributed by atoms with Gasteiger partial charge in [-0.3, -0.25) is 0 Å². The standard InChI is InChI=1S/C22H21FN2O2S/c1-24(28(2,26)27)13-18-15-25(22-9-4-3-8-20(18)22)14-17-7-5-6-16-10-11-19(23)12-21(16)17/h3-12,15H,13-14H2,1-2H3. The van der Waals surface area contributed by atoms with Gasteiger partial charge >= 0.3 is 0 Å². The summed E-state index contributed by atoms with van der Waals surface area (Å²) in [6, 6.07) is 18.7. The van der Waals surface area contributed by atoms with Crippen molar-refractivity contribution in [2.24, 2.45) is 0 Å². The number of hydrogen-bond donors (Lipinski definition) is 0. The van der Waals surface area contributed by atoms with Crippen LogP contribution in [0.1, 0.15) is 11.1 Å². The lowest BCUT2D eigenvalue weighted by Gasteiger charge is -2.13. The maximum atomic E-state index is 13.8. The van der Waals surface area contributed by atoms with Gasteiger partial charge in [0.25, 0.3) is 0 Å². The summed E-state index contributed by atoms with van der Waals surface area (Å²) >= 11 is 0. The van der Waals surface area contributed by atoms with Gasteiger partial charge in [-0.1, -0.05) is 42.5 Å². The molecule has 0 saturated heterocycles. The van der Waals surface area contributed by atoms with E-state index in [9.17, 15) is 12.8 Å². The predicted octanol–water partition coefficient (Wildman–Crippen LogP) is 4.37. The third kappa shape index (κ3) is 3.53. The number of aromatic nitrogens is 1. The smallest absolute Gasteiger partial charge is 0.211 e. The molecule has 4 aromatic rings. The average molecular weight is 396 g/mol. The van der Waals surface area contributed by atoms with Gasteiger partial charge in [-0.15, -0.1) is 0 Å². The highest BCUT2D eigenvalue weighted by molar-refractivity contribution is 7.88. The summed E-state index contributed by atoms with van der Waals surface area (Å²) in [7, 11) is -1.69. The topological polar surface area (TPSA) is 42.3 Å². The second-order valence-electron chi connectivity index (χ2n) is 7.10. The van der Waals surface area contributed by atoms with E-state index in [1.54, 1.807) is 19.2 Å². The Morgan fingerprint density at radius 1 is 0.964 bits per heavy atom. The van der Waals surface area contributed by atoms with Crippen LogP contribution in [0.3, 0.4) is 0 Å².